The van der Waals surface area contributed by atoms with Gasteiger partial charge >= 0.3 is 0 Å². The molecule has 0 aromatic heterocycles. The molecular weight excluding hydrogens is 704 g/mol. The van der Waals surface area contributed by atoms with Gasteiger partial charge in [0.05, 0.1) is 0 Å². The molecule has 2 N–H and O–H groups in total. The summed E-state index contributed by atoms with van der Waals surface area (Å²) >= 11 is 0. The summed E-state index contributed by atoms with van der Waals surface area (Å²) in [6.45, 7) is 17.0. The molecule has 0 heterocycles. The third-order valence-corrected chi connectivity index (χ3v) is 12.6. The van der Waals surface area contributed by atoms with Gasteiger partial charge in [-0.05, 0) is 33.7 Å². The Morgan fingerprint density at radius 1 is 0.564 bits per heavy atom. The zero-order chi connectivity index (χ0) is 40.5. The molecule has 0 aliphatic rings. The smallest absolute Gasteiger partial charge is 0.259 e. The van der Waals surface area contributed by atoms with E-state index in [9.17, 15) is 9.59 Å². The van der Waals surface area contributed by atoms with Crippen LogP contribution in [0, 0.1) is 6.57 Å². The molecule has 0 saturated carbocycles. The number of nitrogens with zero attached hydrogens (tertiary/aromatic N) is 2. The Hall–Kier alpha value is -1.26. The number of carbonyl (C=O) groups excluding carboxylic acids is 2. The van der Waals surface area contributed by atoms with Crippen molar-refractivity contribution in [2.24, 2.45) is 0 Å². The molecule has 1 unspecified atom stereocenters. The molecule has 0 bridgehead atoms. The van der Waals surface area contributed by atoms with Crippen molar-refractivity contribution in [3.63, 3.8) is 0 Å². The van der Waals surface area contributed by atoms with Crippen LogP contribution in [-0.4, -0.2) is 61.9 Å². The summed E-state index contributed by atoms with van der Waals surface area (Å²) in [6, 6.07) is 0.180. The fourth-order valence-electron chi connectivity index (χ4n) is 6.77. The maximum Gasteiger partial charge on any atom is 0.259 e. The van der Waals surface area contributed by atoms with Crippen LogP contribution in [0.3, 0.4) is 0 Å². The lowest BCUT2D eigenvalue weighted by Gasteiger charge is -2.32. The number of amides is 2. The van der Waals surface area contributed by atoms with Crippen molar-refractivity contribution >= 4 is 20.3 Å². The van der Waals surface area contributed by atoms with Gasteiger partial charge in [0.15, 0.2) is 0 Å². The van der Waals surface area contributed by atoms with Gasteiger partial charge in [0.25, 0.3) is 8.53 Å². The lowest BCUT2D eigenvalue weighted by atomic mass is 10.0. The molecule has 9 heteroatoms. The van der Waals surface area contributed by atoms with Gasteiger partial charge in [-0.3, -0.25) is 9.59 Å². The van der Waals surface area contributed by atoms with E-state index in [1.54, 1.807) is 0 Å². The van der Waals surface area contributed by atoms with E-state index in [0.717, 1.165) is 25.7 Å². The summed E-state index contributed by atoms with van der Waals surface area (Å²) < 4.78 is 14.4. The second-order valence-corrected chi connectivity index (χ2v) is 17.9. The molecule has 0 rings (SSSR count). The van der Waals surface area contributed by atoms with Gasteiger partial charge in [-0.2, -0.15) is 0 Å². The number of rotatable bonds is 43. The first kappa shape index (κ1) is 53.7. The van der Waals surface area contributed by atoms with Gasteiger partial charge in [-0.1, -0.05) is 194 Å². The van der Waals surface area contributed by atoms with Crippen molar-refractivity contribution in [2.45, 2.75) is 245 Å². The SMILES string of the molecule is [C-]#[N+]CCOP(OC(CNC(=O)CCCCCCCCCCCCCCCCC)CNC(=O)CCCCCCCCCCCCCCCCC)N(C)C(C)C. The van der Waals surface area contributed by atoms with Crippen LogP contribution in [0.4, 0.5) is 0 Å². The average molecular weight is 795 g/mol. The van der Waals surface area contributed by atoms with Crippen LogP contribution >= 0.6 is 8.53 Å². The molecule has 1 atom stereocenters. The highest BCUT2D eigenvalue weighted by molar-refractivity contribution is 7.44. The van der Waals surface area contributed by atoms with Crippen LogP contribution < -0.4 is 10.6 Å². The Morgan fingerprint density at radius 2 is 0.873 bits per heavy atom. The Bertz CT molecular complexity index is 836. The standard InChI is InChI=1S/C46H91N4O4P/c1-7-9-11-13-15-17-19-21-23-25-27-29-31-33-35-37-45(51)48-41-44(54-55(50(6)43(3)4)53-40-39-47-5)42-49-46(52)38-36-34-32-30-28-26-24-22-20-18-16-14-12-10-8-2/h43-44H,7-42H2,1-4,6H3,(H,48,51)(H,49,52). The molecule has 0 saturated heterocycles. The average Bonchev–Trinajstić information content (AvgIpc) is 3.17. The predicted molar refractivity (Wildman–Crippen MR) is 237 cm³/mol. The van der Waals surface area contributed by atoms with E-state index >= 15 is 0 Å². The van der Waals surface area contributed by atoms with E-state index in [0.29, 0.717) is 25.9 Å². The van der Waals surface area contributed by atoms with E-state index in [1.165, 1.54) is 167 Å². The Labute approximate surface area is 343 Å². The maximum atomic E-state index is 12.8. The molecule has 0 aromatic carbocycles. The normalized spacial score (nSPS) is 12.1. The maximum absolute atomic E-state index is 12.8. The third-order valence-electron chi connectivity index (χ3n) is 10.7. The summed E-state index contributed by atoms with van der Waals surface area (Å²) in [7, 11) is 0.509. The van der Waals surface area contributed by atoms with E-state index in [4.69, 9.17) is 15.6 Å². The summed E-state index contributed by atoms with van der Waals surface area (Å²) in [5.74, 6) is 0.0609. The van der Waals surface area contributed by atoms with Crippen LogP contribution in [0.1, 0.15) is 233 Å². The third kappa shape index (κ3) is 38.0. The van der Waals surface area contributed by atoms with Gasteiger partial charge in [-0.15, -0.1) is 0 Å². The van der Waals surface area contributed by atoms with E-state index in [2.05, 4.69) is 43.2 Å². The van der Waals surface area contributed by atoms with E-state index in [-0.39, 0.29) is 31.0 Å². The first-order valence-corrected chi connectivity index (χ1v) is 24.7. The zero-order valence-electron chi connectivity index (χ0n) is 37.1. The van der Waals surface area contributed by atoms with E-state index < -0.39 is 14.6 Å². The van der Waals surface area contributed by atoms with Crippen molar-refractivity contribution in [2.75, 3.05) is 33.3 Å². The lowest BCUT2D eigenvalue weighted by molar-refractivity contribution is -0.121. The van der Waals surface area contributed by atoms with Gasteiger partial charge < -0.3 is 24.5 Å². The van der Waals surface area contributed by atoms with Crippen molar-refractivity contribution < 1.29 is 18.6 Å². The first-order valence-electron chi connectivity index (χ1n) is 23.5. The largest absolute Gasteiger partial charge is 0.353 e. The highest BCUT2D eigenvalue weighted by atomic mass is 31.2. The van der Waals surface area contributed by atoms with Crippen LogP contribution in [0.15, 0.2) is 0 Å². The minimum absolute atomic E-state index is 0.0305. The molecule has 8 nitrogen and oxygen atoms in total. The number of hydrogen-bond acceptors (Lipinski definition) is 5. The molecule has 2 amide bonds. The summed E-state index contributed by atoms with van der Waals surface area (Å²) in [6.07, 6.45) is 39.7. The number of unbranched alkanes of at least 4 members (excludes halogenated alkanes) is 28. The van der Waals surface area contributed by atoms with Gasteiger partial charge in [-0.25, -0.2) is 11.2 Å². The topological polar surface area (TPSA) is 84.3 Å². The molecule has 0 fully saturated rings. The van der Waals surface area contributed by atoms with Gasteiger partial charge in [0.2, 0.25) is 18.4 Å². The molecule has 0 aromatic rings. The quantitative estimate of drug-likeness (QED) is 0.0365. The monoisotopic (exact) mass is 795 g/mol. The zero-order valence-corrected chi connectivity index (χ0v) is 38.0. The Morgan fingerprint density at radius 3 is 1.16 bits per heavy atom. The van der Waals surface area contributed by atoms with Crippen LogP contribution in [-0.2, 0) is 18.6 Å². The number of hydrogen-bond donors (Lipinski definition) is 2. The van der Waals surface area contributed by atoms with E-state index in [1.807, 2.05) is 11.7 Å². The molecular formula is C46H91N4O4P. The first-order chi connectivity index (χ1) is 26.8. The number of carbonyl (C=O) groups is 2. The van der Waals surface area contributed by atoms with Crippen molar-refractivity contribution in [3.05, 3.63) is 11.4 Å². The minimum Gasteiger partial charge on any atom is -0.353 e. The van der Waals surface area contributed by atoms with Crippen LogP contribution in [0.2, 0.25) is 0 Å². The van der Waals surface area contributed by atoms with Crippen LogP contribution in [0.5, 0.6) is 0 Å². The van der Waals surface area contributed by atoms with Gasteiger partial charge in [0, 0.05) is 32.0 Å². The Balaban J connectivity index is 4.39. The van der Waals surface area contributed by atoms with Crippen LogP contribution in [0.25, 0.3) is 4.85 Å². The number of nitrogens with one attached hydrogen (secondary N) is 2. The fourth-order valence-corrected chi connectivity index (χ4v) is 8.18. The molecule has 0 radical (unpaired) electrons. The van der Waals surface area contributed by atoms with Crippen molar-refractivity contribution in [3.8, 4) is 0 Å². The predicted octanol–water partition coefficient (Wildman–Crippen LogP) is 13.6. The molecule has 0 aliphatic carbocycles. The second-order valence-electron chi connectivity index (χ2n) is 16.4. The molecule has 0 spiro atoms. The van der Waals surface area contributed by atoms with Gasteiger partial charge in [0.1, 0.15) is 12.7 Å². The highest BCUT2D eigenvalue weighted by Crippen LogP contribution is 2.44. The summed E-state index contributed by atoms with van der Waals surface area (Å²) in [5, 5.41) is 6.14. The minimum atomic E-state index is -1.45. The lowest BCUT2D eigenvalue weighted by Crippen LogP contribution is -2.41. The summed E-state index contributed by atoms with van der Waals surface area (Å²) in [4.78, 5) is 29.0. The van der Waals surface area contributed by atoms with Crippen molar-refractivity contribution in [1.82, 2.24) is 15.3 Å². The molecule has 324 valence electrons. The second kappa shape index (κ2) is 42.3. The van der Waals surface area contributed by atoms with Crippen molar-refractivity contribution in [1.29, 1.82) is 0 Å². The highest BCUT2D eigenvalue weighted by Gasteiger charge is 2.26. The Kier molecular flexibility index (Phi) is 41.4. The molecule has 0 aliphatic heterocycles. The fraction of sp³-hybridized carbons (Fsp3) is 0.935. The summed E-state index contributed by atoms with van der Waals surface area (Å²) in [5.41, 5.74) is 0. The molecule has 55 heavy (non-hydrogen) atoms.